The summed E-state index contributed by atoms with van der Waals surface area (Å²) in [6.45, 7) is 9.58. The van der Waals surface area contributed by atoms with Gasteiger partial charge < -0.3 is 24.1 Å². The SMILES string of the molecule is CCOCCn1c(=NC(=O)CS(=O)(=O)CC(=O)Nc2sc3c(c2C(=O)OCC)CCC(C)C3)sc2cc(OCC)ccc21. The topological polar surface area (TPSA) is 142 Å². The smallest absolute Gasteiger partial charge is 0.341 e. The number of ether oxygens (including phenoxy) is 3. The van der Waals surface area contributed by atoms with Crippen LogP contribution in [0.1, 0.15) is 54.9 Å². The number of hydrogen-bond acceptors (Lipinski definition) is 10. The number of rotatable bonds is 13. The van der Waals surface area contributed by atoms with Gasteiger partial charge in [-0.15, -0.1) is 11.3 Å². The molecule has 1 unspecified atom stereocenters. The van der Waals surface area contributed by atoms with Gasteiger partial charge in [0, 0.05) is 18.0 Å². The quantitative estimate of drug-likeness (QED) is 0.216. The van der Waals surface area contributed by atoms with Gasteiger partial charge in [0.05, 0.1) is 35.6 Å². The molecule has 0 spiro atoms. The van der Waals surface area contributed by atoms with E-state index in [9.17, 15) is 22.8 Å². The van der Waals surface area contributed by atoms with Gasteiger partial charge in [-0.1, -0.05) is 18.3 Å². The molecule has 0 saturated heterocycles. The van der Waals surface area contributed by atoms with Gasteiger partial charge in [-0.3, -0.25) is 9.59 Å². The number of anilines is 1. The molecule has 0 bridgehead atoms. The normalized spacial score (nSPS) is 15.3. The predicted octanol–water partition coefficient (Wildman–Crippen LogP) is 3.98. The van der Waals surface area contributed by atoms with Crippen LogP contribution in [0.5, 0.6) is 5.75 Å². The van der Waals surface area contributed by atoms with Crippen LogP contribution in [0, 0.1) is 5.92 Å². The number of carbonyl (C=O) groups excluding carboxylic acids is 3. The van der Waals surface area contributed by atoms with E-state index >= 15 is 0 Å². The summed E-state index contributed by atoms with van der Waals surface area (Å²) in [4.78, 5) is 43.9. The van der Waals surface area contributed by atoms with E-state index in [1.165, 1.54) is 22.7 Å². The number of fused-ring (bicyclic) bond motifs is 2. The molecule has 11 nitrogen and oxygen atoms in total. The van der Waals surface area contributed by atoms with Crippen LogP contribution in [0.2, 0.25) is 0 Å². The predicted molar refractivity (Wildman–Crippen MR) is 167 cm³/mol. The highest BCUT2D eigenvalue weighted by atomic mass is 32.2. The molecule has 0 fully saturated rings. The molecule has 0 radical (unpaired) electrons. The highest BCUT2D eigenvalue weighted by molar-refractivity contribution is 7.92. The first-order valence-corrected chi connectivity index (χ1v) is 17.7. The second-order valence-electron chi connectivity index (χ2n) is 10.2. The molecule has 234 valence electrons. The zero-order chi connectivity index (χ0) is 31.1. The number of aromatic nitrogens is 1. The molecule has 2 aromatic heterocycles. The summed E-state index contributed by atoms with van der Waals surface area (Å²) in [5, 5.41) is 2.88. The molecular weight excluding hydrogens is 615 g/mol. The summed E-state index contributed by atoms with van der Waals surface area (Å²) in [5.41, 5.74) is 1.95. The largest absolute Gasteiger partial charge is 0.494 e. The minimum atomic E-state index is -4.17. The van der Waals surface area contributed by atoms with Crippen LogP contribution < -0.4 is 14.9 Å². The zero-order valence-electron chi connectivity index (χ0n) is 24.8. The first-order chi connectivity index (χ1) is 20.5. The van der Waals surface area contributed by atoms with E-state index in [0.717, 1.165) is 33.5 Å². The average Bonchev–Trinajstić information content (AvgIpc) is 3.44. The molecule has 2 amide bonds. The van der Waals surface area contributed by atoms with Gasteiger partial charge in [0.25, 0.3) is 5.91 Å². The van der Waals surface area contributed by atoms with Crippen LogP contribution >= 0.6 is 22.7 Å². The van der Waals surface area contributed by atoms with Crippen LogP contribution in [0.3, 0.4) is 0 Å². The minimum absolute atomic E-state index is 0.173. The highest BCUT2D eigenvalue weighted by Gasteiger charge is 2.30. The van der Waals surface area contributed by atoms with Gasteiger partial charge in [0.1, 0.15) is 22.3 Å². The van der Waals surface area contributed by atoms with Crippen molar-refractivity contribution in [3.8, 4) is 5.75 Å². The van der Waals surface area contributed by atoms with Crippen molar-refractivity contribution in [1.29, 1.82) is 0 Å². The Kier molecular flexibility index (Phi) is 11.2. The molecule has 43 heavy (non-hydrogen) atoms. The van der Waals surface area contributed by atoms with Gasteiger partial charge in [-0.05, 0) is 69.7 Å². The van der Waals surface area contributed by atoms with Crippen LogP contribution in [0.4, 0.5) is 5.00 Å². The maximum Gasteiger partial charge on any atom is 0.341 e. The molecule has 2 heterocycles. The number of sulfone groups is 1. The number of thiophene rings is 1. The maximum absolute atomic E-state index is 12.9. The summed E-state index contributed by atoms with van der Waals surface area (Å²) < 4.78 is 44.7. The van der Waals surface area contributed by atoms with Crippen molar-refractivity contribution in [1.82, 2.24) is 4.57 Å². The Morgan fingerprint density at radius 1 is 1.09 bits per heavy atom. The lowest BCUT2D eigenvalue weighted by molar-refractivity contribution is -0.115. The number of hydrogen-bond donors (Lipinski definition) is 1. The summed E-state index contributed by atoms with van der Waals surface area (Å²) >= 11 is 2.51. The molecule has 1 aromatic carbocycles. The van der Waals surface area contributed by atoms with Crippen molar-refractivity contribution in [3.05, 3.63) is 39.0 Å². The summed E-state index contributed by atoms with van der Waals surface area (Å²) in [5.74, 6) is -3.02. The fraction of sp³-hybridized carbons (Fsp3) is 0.517. The van der Waals surface area contributed by atoms with Crippen molar-refractivity contribution >= 4 is 65.5 Å². The third-order valence-electron chi connectivity index (χ3n) is 6.79. The second kappa shape index (κ2) is 14.6. The fourth-order valence-electron chi connectivity index (χ4n) is 4.91. The summed E-state index contributed by atoms with van der Waals surface area (Å²) in [6, 6.07) is 5.53. The van der Waals surface area contributed by atoms with Crippen LogP contribution in [0.25, 0.3) is 10.2 Å². The Hall–Kier alpha value is -3.07. The number of benzene rings is 1. The molecule has 1 N–H and O–H groups in total. The third-order valence-corrected chi connectivity index (χ3v) is 10.4. The third kappa shape index (κ3) is 8.31. The van der Waals surface area contributed by atoms with Crippen molar-refractivity contribution < 1.29 is 37.0 Å². The van der Waals surface area contributed by atoms with E-state index in [2.05, 4.69) is 17.2 Å². The lowest BCUT2D eigenvalue weighted by Crippen LogP contribution is -2.28. The number of amides is 2. The Labute approximate surface area is 258 Å². The van der Waals surface area contributed by atoms with Gasteiger partial charge in [0.2, 0.25) is 5.91 Å². The van der Waals surface area contributed by atoms with Crippen LogP contribution in [-0.2, 0) is 48.3 Å². The molecule has 0 saturated carbocycles. The zero-order valence-corrected chi connectivity index (χ0v) is 27.2. The number of nitrogens with one attached hydrogen (secondary N) is 1. The second-order valence-corrected chi connectivity index (χ2v) is 14.3. The van der Waals surface area contributed by atoms with Gasteiger partial charge in [-0.25, -0.2) is 13.2 Å². The van der Waals surface area contributed by atoms with E-state index in [0.29, 0.717) is 54.8 Å². The fourth-order valence-corrected chi connectivity index (χ4v) is 8.44. The number of esters is 1. The first kappa shape index (κ1) is 32.8. The van der Waals surface area contributed by atoms with Crippen molar-refractivity contribution in [2.75, 3.05) is 43.3 Å². The van der Waals surface area contributed by atoms with E-state index in [1.807, 2.05) is 32.0 Å². The van der Waals surface area contributed by atoms with Crippen molar-refractivity contribution in [2.24, 2.45) is 10.9 Å². The van der Waals surface area contributed by atoms with Gasteiger partial charge >= 0.3 is 5.97 Å². The maximum atomic E-state index is 12.9. The molecule has 1 aliphatic rings. The number of thiazole rings is 1. The molecule has 1 aliphatic carbocycles. The Morgan fingerprint density at radius 2 is 1.88 bits per heavy atom. The van der Waals surface area contributed by atoms with Gasteiger partial charge in [0.15, 0.2) is 14.6 Å². The monoisotopic (exact) mass is 651 g/mol. The molecule has 3 aromatic rings. The van der Waals surface area contributed by atoms with Gasteiger partial charge in [-0.2, -0.15) is 4.99 Å². The Morgan fingerprint density at radius 3 is 2.60 bits per heavy atom. The summed E-state index contributed by atoms with van der Waals surface area (Å²) in [6.07, 6.45) is 2.36. The number of carbonyl (C=O) groups is 3. The average molecular weight is 652 g/mol. The lowest BCUT2D eigenvalue weighted by atomic mass is 9.88. The lowest BCUT2D eigenvalue weighted by Gasteiger charge is -2.18. The highest BCUT2D eigenvalue weighted by Crippen LogP contribution is 2.40. The number of nitrogens with zero attached hydrogens (tertiary/aromatic N) is 2. The standard InChI is InChI=1S/C29H37N3O8S3/c1-5-38-13-12-32-21-11-9-19(39-6-2)15-23(21)42-29(32)31-25(34)17-43(36,37)16-24(33)30-27-26(28(35)40-7-3)20-10-8-18(4)14-22(20)41-27/h9,11,15,18H,5-8,10,12-14,16-17H2,1-4H3,(H,30,33). The Bertz CT molecular complexity index is 1670. The first-order valence-electron chi connectivity index (χ1n) is 14.3. The van der Waals surface area contributed by atoms with E-state index in [1.54, 1.807) is 11.5 Å². The van der Waals surface area contributed by atoms with E-state index in [-0.39, 0.29) is 11.6 Å². The minimum Gasteiger partial charge on any atom is -0.494 e. The Balaban J connectivity index is 1.52. The van der Waals surface area contributed by atoms with Crippen LogP contribution in [0.15, 0.2) is 23.2 Å². The van der Waals surface area contributed by atoms with E-state index in [4.69, 9.17) is 14.2 Å². The van der Waals surface area contributed by atoms with Crippen LogP contribution in [-0.4, -0.2) is 68.7 Å². The van der Waals surface area contributed by atoms with Crippen molar-refractivity contribution in [2.45, 2.75) is 53.5 Å². The molecule has 0 aliphatic heterocycles. The molecule has 14 heteroatoms. The summed E-state index contributed by atoms with van der Waals surface area (Å²) in [7, 11) is -4.17. The van der Waals surface area contributed by atoms with Crippen molar-refractivity contribution in [3.63, 3.8) is 0 Å². The molecule has 4 rings (SSSR count). The molecule has 1 atom stereocenters. The molecular formula is C29H37N3O8S3. The van der Waals surface area contributed by atoms with E-state index < -0.39 is 39.1 Å².